The fourth-order valence-corrected chi connectivity index (χ4v) is 2.86. The van der Waals surface area contributed by atoms with Crippen molar-refractivity contribution in [3.8, 4) is 0 Å². The molecule has 0 atom stereocenters. The molecule has 0 bridgehead atoms. The fraction of sp³-hybridized carbons (Fsp3) is 0.231. The van der Waals surface area contributed by atoms with Gasteiger partial charge in [0.15, 0.2) is 0 Å². The zero-order valence-electron chi connectivity index (χ0n) is 10.1. The van der Waals surface area contributed by atoms with Crippen LogP contribution >= 0.6 is 11.3 Å². The van der Waals surface area contributed by atoms with Crippen LogP contribution in [0.3, 0.4) is 0 Å². The summed E-state index contributed by atoms with van der Waals surface area (Å²) >= 11 is 1.45. The van der Waals surface area contributed by atoms with E-state index in [2.05, 4.69) is 52.2 Å². The summed E-state index contributed by atoms with van der Waals surface area (Å²) in [5.41, 5.74) is 8.17. The molecule has 2 N–H and O–H groups in total. The minimum Gasteiger partial charge on any atom is -0.374 e. The molecule has 5 heteroatoms. The third-order valence-corrected chi connectivity index (χ3v) is 3.79. The molecule has 18 heavy (non-hydrogen) atoms. The van der Waals surface area contributed by atoms with Crippen LogP contribution in [-0.2, 0) is 13.0 Å². The molecule has 0 saturated carbocycles. The Morgan fingerprint density at radius 2 is 2.11 bits per heavy atom. The molecule has 0 spiro atoms. The SMILES string of the molecule is CCn1cc(Cc2nnc(N)s2)c2ccccc21. The zero-order chi connectivity index (χ0) is 12.5. The number of hydrogen-bond acceptors (Lipinski definition) is 4. The van der Waals surface area contributed by atoms with Crippen LogP contribution in [0.2, 0.25) is 0 Å². The van der Waals surface area contributed by atoms with Crippen molar-refractivity contribution in [3.05, 3.63) is 41.0 Å². The Morgan fingerprint density at radius 1 is 1.28 bits per heavy atom. The van der Waals surface area contributed by atoms with E-state index < -0.39 is 0 Å². The first kappa shape index (κ1) is 11.2. The van der Waals surface area contributed by atoms with Gasteiger partial charge in [-0.1, -0.05) is 29.5 Å². The number of para-hydroxylation sites is 1. The molecule has 0 amide bonds. The van der Waals surface area contributed by atoms with E-state index in [-0.39, 0.29) is 0 Å². The molecule has 0 saturated heterocycles. The van der Waals surface area contributed by atoms with Crippen LogP contribution in [-0.4, -0.2) is 14.8 Å². The Balaban J connectivity index is 2.06. The van der Waals surface area contributed by atoms with Gasteiger partial charge in [0, 0.05) is 30.1 Å². The summed E-state index contributed by atoms with van der Waals surface area (Å²) in [6.07, 6.45) is 2.99. The summed E-state index contributed by atoms with van der Waals surface area (Å²) in [7, 11) is 0. The predicted octanol–water partition coefficient (Wildman–Crippen LogP) is 2.69. The fourth-order valence-electron chi connectivity index (χ4n) is 2.23. The number of fused-ring (bicyclic) bond motifs is 1. The topological polar surface area (TPSA) is 56.7 Å². The van der Waals surface area contributed by atoms with Crippen molar-refractivity contribution < 1.29 is 0 Å². The molecule has 1 aromatic carbocycles. The molecular weight excluding hydrogens is 244 g/mol. The Kier molecular flexibility index (Phi) is 2.76. The normalized spacial score (nSPS) is 11.2. The van der Waals surface area contributed by atoms with Gasteiger partial charge < -0.3 is 10.3 Å². The number of hydrogen-bond donors (Lipinski definition) is 1. The molecule has 2 heterocycles. The number of nitrogens with zero attached hydrogens (tertiary/aromatic N) is 3. The summed E-state index contributed by atoms with van der Waals surface area (Å²) in [5.74, 6) is 0. The first-order valence-electron chi connectivity index (χ1n) is 5.92. The molecule has 0 unspecified atom stereocenters. The van der Waals surface area contributed by atoms with Gasteiger partial charge in [0.05, 0.1) is 0 Å². The highest BCUT2D eigenvalue weighted by Crippen LogP contribution is 2.25. The lowest BCUT2D eigenvalue weighted by Crippen LogP contribution is -1.90. The number of nitrogen functional groups attached to an aromatic ring is 1. The molecule has 3 rings (SSSR count). The molecule has 0 radical (unpaired) electrons. The van der Waals surface area contributed by atoms with E-state index in [0.29, 0.717) is 5.13 Å². The second-order valence-corrected chi connectivity index (χ2v) is 5.26. The number of aryl methyl sites for hydroxylation is 1. The van der Waals surface area contributed by atoms with Gasteiger partial charge in [0.1, 0.15) is 5.01 Å². The van der Waals surface area contributed by atoms with E-state index in [1.165, 1.54) is 27.8 Å². The van der Waals surface area contributed by atoms with Gasteiger partial charge >= 0.3 is 0 Å². The van der Waals surface area contributed by atoms with Crippen molar-refractivity contribution in [1.29, 1.82) is 0 Å². The second-order valence-electron chi connectivity index (χ2n) is 4.17. The Bertz CT molecular complexity index is 683. The van der Waals surface area contributed by atoms with Crippen LogP contribution in [0.15, 0.2) is 30.5 Å². The minimum atomic E-state index is 0.532. The van der Waals surface area contributed by atoms with Gasteiger partial charge in [0.25, 0.3) is 0 Å². The van der Waals surface area contributed by atoms with Crippen molar-refractivity contribution in [1.82, 2.24) is 14.8 Å². The molecule has 3 aromatic rings. The largest absolute Gasteiger partial charge is 0.374 e. The Labute approximate surface area is 109 Å². The Hall–Kier alpha value is -1.88. The minimum absolute atomic E-state index is 0.532. The summed E-state index contributed by atoms with van der Waals surface area (Å²) in [6, 6.07) is 8.44. The second kappa shape index (κ2) is 4.42. The van der Waals surface area contributed by atoms with Crippen molar-refractivity contribution in [2.24, 2.45) is 0 Å². The average molecular weight is 258 g/mol. The maximum Gasteiger partial charge on any atom is 0.203 e. The van der Waals surface area contributed by atoms with Crippen LogP contribution in [0.25, 0.3) is 10.9 Å². The summed E-state index contributed by atoms with van der Waals surface area (Å²) in [6.45, 7) is 3.12. The summed E-state index contributed by atoms with van der Waals surface area (Å²) in [4.78, 5) is 0. The molecule has 0 aliphatic rings. The number of benzene rings is 1. The van der Waals surface area contributed by atoms with Crippen LogP contribution in [0, 0.1) is 0 Å². The van der Waals surface area contributed by atoms with E-state index >= 15 is 0 Å². The quantitative estimate of drug-likeness (QED) is 0.785. The summed E-state index contributed by atoms with van der Waals surface area (Å²) < 4.78 is 2.26. The van der Waals surface area contributed by atoms with Gasteiger partial charge in [-0.25, -0.2) is 0 Å². The number of nitrogens with two attached hydrogens (primary N) is 1. The van der Waals surface area contributed by atoms with Crippen molar-refractivity contribution in [2.45, 2.75) is 19.9 Å². The molecule has 2 aromatic heterocycles. The van der Waals surface area contributed by atoms with Crippen LogP contribution in [0.4, 0.5) is 5.13 Å². The predicted molar refractivity (Wildman–Crippen MR) is 74.7 cm³/mol. The van der Waals surface area contributed by atoms with Crippen LogP contribution < -0.4 is 5.73 Å². The highest BCUT2D eigenvalue weighted by molar-refractivity contribution is 7.15. The summed E-state index contributed by atoms with van der Waals surface area (Å²) in [5, 5.41) is 10.7. The van der Waals surface area contributed by atoms with Gasteiger partial charge in [-0.15, -0.1) is 10.2 Å². The lowest BCUT2D eigenvalue weighted by Gasteiger charge is -1.98. The third-order valence-electron chi connectivity index (χ3n) is 3.04. The smallest absolute Gasteiger partial charge is 0.203 e. The molecule has 92 valence electrons. The van der Waals surface area contributed by atoms with E-state index in [0.717, 1.165) is 18.0 Å². The van der Waals surface area contributed by atoms with Gasteiger partial charge in [-0.2, -0.15) is 0 Å². The zero-order valence-corrected chi connectivity index (χ0v) is 10.9. The van der Waals surface area contributed by atoms with Gasteiger partial charge in [-0.05, 0) is 18.6 Å². The monoisotopic (exact) mass is 258 g/mol. The molecule has 4 nitrogen and oxygen atoms in total. The average Bonchev–Trinajstić information content (AvgIpc) is 2.95. The molecule has 0 aliphatic heterocycles. The van der Waals surface area contributed by atoms with E-state index in [9.17, 15) is 0 Å². The van der Waals surface area contributed by atoms with Crippen LogP contribution in [0.1, 0.15) is 17.5 Å². The lowest BCUT2D eigenvalue weighted by atomic mass is 10.1. The van der Waals surface area contributed by atoms with Crippen molar-refractivity contribution >= 4 is 27.4 Å². The molecule has 0 aliphatic carbocycles. The maximum atomic E-state index is 5.62. The highest BCUT2D eigenvalue weighted by Gasteiger charge is 2.10. The third kappa shape index (κ3) is 1.86. The highest BCUT2D eigenvalue weighted by atomic mass is 32.1. The molecular formula is C13H14N4S. The number of rotatable bonds is 3. The first-order chi connectivity index (χ1) is 8.78. The van der Waals surface area contributed by atoms with Gasteiger partial charge in [0.2, 0.25) is 5.13 Å². The van der Waals surface area contributed by atoms with E-state index in [1.807, 2.05) is 0 Å². The Morgan fingerprint density at radius 3 is 2.83 bits per heavy atom. The van der Waals surface area contributed by atoms with E-state index in [1.54, 1.807) is 0 Å². The number of anilines is 1. The standard InChI is InChI=1S/C13H14N4S/c1-2-17-8-9(7-12-15-16-13(14)18-12)10-5-3-4-6-11(10)17/h3-6,8H,2,7H2,1H3,(H2,14,16). The number of aromatic nitrogens is 3. The van der Waals surface area contributed by atoms with Crippen molar-refractivity contribution in [2.75, 3.05) is 5.73 Å². The first-order valence-corrected chi connectivity index (χ1v) is 6.74. The maximum absolute atomic E-state index is 5.62. The lowest BCUT2D eigenvalue weighted by molar-refractivity contribution is 0.793. The van der Waals surface area contributed by atoms with Crippen LogP contribution in [0.5, 0.6) is 0 Å². The van der Waals surface area contributed by atoms with Crippen molar-refractivity contribution in [3.63, 3.8) is 0 Å². The van der Waals surface area contributed by atoms with E-state index in [4.69, 9.17) is 5.73 Å². The van der Waals surface area contributed by atoms with Gasteiger partial charge in [-0.3, -0.25) is 0 Å². The molecule has 0 fully saturated rings.